The maximum Gasteiger partial charge on any atom is 0.246 e. The van der Waals surface area contributed by atoms with Gasteiger partial charge in [0.2, 0.25) is 23.7 Å². The first-order valence-electron chi connectivity index (χ1n) is 26.3. The summed E-state index contributed by atoms with van der Waals surface area (Å²) >= 11 is 1.59. The van der Waals surface area contributed by atoms with Crippen molar-refractivity contribution in [3.8, 4) is 27.4 Å². The van der Waals surface area contributed by atoms with E-state index in [0.29, 0.717) is 35.1 Å². The lowest BCUT2D eigenvalue weighted by Crippen LogP contribution is -2.75. The maximum atomic E-state index is 14.3. The molecule has 74 heavy (non-hydrogen) atoms. The number of rotatable bonds is 12. The molecule has 5 saturated heterocycles. The molecule has 2 aliphatic carbocycles. The van der Waals surface area contributed by atoms with E-state index in [1.165, 1.54) is 4.90 Å². The molecule has 5 aromatic rings. The van der Waals surface area contributed by atoms with E-state index in [9.17, 15) is 24.6 Å². The van der Waals surface area contributed by atoms with Crippen molar-refractivity contribution < 1.29 is 24.6 Å². The molecule has 12 rings (SSSR count). The summed E-state index contributed by atoms with van der Waals surface area (Å²) in [4.78, 5) is 68.2. The number of fused-ring (bicyclic) bond motifs is 2. The van der Waals surface area contributed by atoms with Crippen LogP contribution in [0.3, 0.4) is 0 Å². The Bertz CT molecular complexity index is 2920. The minimum atomic E-state index is -0.838. The Morgan fingerprint density at radius 2 is 1.55 bits per heavy atom. The van der Waals surface area contributed by atoms with Gasteiger partial charge in [-0.05, 0) is 85.6 Å². The van der Waals surface area contributed by atoms with Crippen molar-refractivity contribution in [2.24, 2.45) is 22.2 Å². The fourth-order valence-electron chi connectivity index (χ4n) is 13.5. The molecule has 18 nitrogen and oxygen atoms in total. The fraction of sp³-hybridized carbons (Fsp3) is 0.527. The maximum absolute atomic E-state index is 14.3. The Labute approximate surface area is 435 Å². The van der Waals surface area contributed by atoms with Gasteiger partial charge in [0.15, 0.2) is 5.82 Å². The molecular formula is C55H67N13O5S. The van der Waals surface area contributed by atoms with Gasteiger partial charge in [-0.1, -0.05) is 57.2 Å². The van der Waals surface area contributed by atoms with E-state index >= 15 is 0 Å². The molecule has 6 N–H and O–H groups in total. The van der Waals surface area contributed by atoms with E-state index in [0.717, 1.165) is 117 Å². The normalized spacial score (nSPS) is 27.3. The molecule has 5 aliphatic heterocycles. The van der Waals surface area contributed by atoms with Crippen LogP contribution >= 0.6 is 11.3 Å². The molecule has 388 valence electrons. The number of hydrogen-bond donors (Lipinski definition) is 5. The summed E-state index contributed by atoms with van der Waals surface area (Å²) in [5.74, 6) is 0.420. The van der Waals surface area contributed by atoms with E-state index < -0.39 is 23.6 Å². The number of benzene rings is 2. The number of likely N-dealkylation sites (tertiary alicyclic amines) is 2. The lowest BCUT2D eigenvalue weighted by Gasteiger charge is -2.67. The fourth-order valence-corrected chi connectivity index (χ4v) is 14.3. The van der Waals surface area contributed by atoms with Crippen molar-refractivity contribution in [3.63, 3.8) is 0 Å². The number of nitrogen functional groups attached to an aromatic ring is 1. The topological polar surface area (TPSA) is 222 Å². The van der Waals surface area contributed by atoms with Crippen LogP contribution in [0.5, 0.6) is 5.75 Å². The summed E-state index contributed by atoms with van der Waals surface area (Å²) < 4.78 is 0. The zero-order chi connectivity index (χ0) is 51.3. The van der Waals surface area contributed by atoms with Crippen LogP contribution in [0.2, 0.25) is 0 Å². The Balaban J connectivity index is 0.585. The Kier molecular flexibility index (Phi) is 12.1. The minimum absolute atomic E-state index is 0.0452. The van der Waals surface area contributed by atoms with Crippen LogP contribution in [0.25, 0.3) is 21.7 Å². The zero-order valence-electron chi connectivity index (χ0n) is 42.7. The summed E-state index contributed by atoms with van der Waals surface area (Å²) in [6, 6.07) is 16.4. The standard InChI is InChI=1S/C55H67N13O5S/c1-32-46(74-31-60-32)34-11-9-33(10-12-34)21-57-50(72)44-15-40(69)26-67(44)51(73)47(53(2,3)4)61-49(71)35-17-54(18-35)19-38(20-54)65-27-55(28-65)29-66(30-55)39-22-58-52(59-23-39)68-36-13-14-37(68)25-64(24-36)43-16-42(62-63-48(43)56)41-7-5-6-8-45(41)70/h5-12,16,22-23,31,35-38,40,44,47,69-70H,13-15,17-21,24-30H2,1-4H3,(H2,56,63)(H,57,72)(H,61,71)/t35?,36?,37?,38?,40-,44+,47-,54?/m1/s1. The van der Waals surface area contributed by atoms with Crippen LogP contribution in [0.4, 0.5) is 23.1 Å². The van der Waals surface area contributed by atoms with E-state index in [2.05, 4.69) is 45.4 Å². The number of piperazine rings is 1. The molecule has 8 heterocycles. The summed E-state index contributed by atoms with van der Waals surface area (Å²) in [5, 5.41) is 35.8. The highest BCUT2D eigenvalue weighted by molar-refractivity contribution is 7.13. The highest BCUT2D eigenvalue weighted by Crippen LogP contribution is 2.61. The number of carbonyl (C=O) groups is 3. The molecule has 2 bridgehead atoms. The molecule has 5 atom stereocenters. The third-order valence-electron chi connectivity index (χ3n) is 17.4. The van der Waals surface area contributed by atoms with E-state index in [1.807, 2.05) is 88.1 Å². The first-order chi connectivity index (χ1) is 35.5. The second-order valence-electron chi connectivity index (χ2n) is 23.8. The third kappa shape index (κ3) is 8.87. The first kappa shape index (κ1) is 48.5. The number of thiazole rings is 1. The monoisotopic (exact) mass is 1020 g/mol. The predicted molar refractivity (Wildman–Crippen MR) is 283 cm³/mol. The Hall–Kier alpha value is -6.44. The summed E-state index contributed by atoms with van der Waals surface area (Å²) in [7, 11) is 0. The minimum Gasteiger partial charge on any atom is -0.507 e. The Morgan fingerprint density at radius 3 is 2.22 bits per heavy atom. The molecule has 3 amide bonds. The first-order valence-corrected chi connectivity index (χ1v) is 27.2. The number of nitrogens with two attached hydrogens (primary N) is 1. The van der Waals surface area contributed by atoms with Crippen molar-refractivity contribution in [1.82, 2.24) is 45.6 Å². The average Bonchev–Trinajstić information content (AvgIpc) is 4.04. The average molecular weight is 1020 g/mol. The van der Waals surface area contributed by atoms with Gasteiger partial charge in [0.1, 0.15) is 17.8 Å². The second kappa shape index (κ2) is 18.4. The molecule has 3 aromatic heterocycles. The number of anilines is 4. The molecule has 19 heteroatoms. The number of aromatic nitrogens is 5. The summed E-state index contributed by atoms with van der Waals surface area (Å²) in [5.41, 5.74) is 14.2. The van der Waals surface area contributed by atoms with Crippen LogP contribution < -0.4 is 31.1 Å². The lowest BCUT2D eigenvalue weighted by atomic mass is 9.49. The van der Waals surface area contributed by atoms with Crippen molar-refractivity contribution in [3.05, 3.63) is 83.8 Å². The number of phenols is 1. The van der Waals surface area contributed by atoms with Crippen molar-refractivity contribution >= 4 is 52.2 Å². The van der Waals surface area contributed by atoms with Gasteiger partial charge in [-0.15, -0.1) is 21.5 Å². The largest absolute Gasteiger partial charge is 0.507 e. The van der Waals surface area contributed by atoms with Crippen LogP contribution in [-0.4, -0.2) is 145 Å². The number of carbonyl (C=O) groups excluding carboxylic acids is 3. The highest BCUT2D eigenvalue weighted by atomic mass is 32.1. The van der Waals surface area contributed by atoms with Gasteiger partial charge >= 0.3 is 0 Å². The van der Waals surface area contributed by atoms with Crippen molar-refractivity contribution in [2.75, 3.05) is 66.2 Å². The molecule has 0 radical (unpaired) electrons. The molecule has 2 spiro atoms. The summed E-state index contributed by atoms with van der Waals surface area (Å²) in [6.45, 7) is 13.8. The number of nitrogens with one attached hydrogen (secondary N) is 2. The van der Waals surface area contributed by atoms with Gasteiger partial charge in [-0.3, -0.25) is 19.3 Å². The number of amides is 3. The van der Waals surface area contributed by atoms with Crippen molar-refractivity contribution in [1.29, 1.82) is 0 Å². The number of aliphatic hydroxyl groups is 1. The second-order valence-corrected chi connectivity index (χ2v) is 24.6. The quantitative estimate of drug-likeness (QED) is 0.111. The number of aryl methyl sites for hydroxylation is 1. The molecular weight excluding hydrogens is 955 g/mol. The molecule has 2 aromatic carbocycles. The van der Waals surface area contributed by atoms with Crippen LogP contribution in [0.1, 0.15) is 77.0 Å². The van der Waals surface area contributed by atoms with Gasteiger partial charge in [0.25, 0.3) is 0 Å². The number of β-amino-alcohol motifs (C(OH)–C–C–N with tert-alkyl or cyclic N) is 1. The zero-order valence-corrected chi connectivity index (χ0v) is 43.5. The van der Waals surface area contributed by atoms with Crippen LogP contribution in [-0.2, 0) is 20.9 Å². The van der Waals surface area contributed by atoms with Crippen molar-refractivity contribution in [2.45, 2.75) is 115 Å². The van der Waals surface area contributed by atoms with Gasteiger partial charge in [-0.25, -0.2) is 15.0 Å². The molecule has 2 saturated carbocycles. The van der Waals surface area contributed by atoms with E-state index in [-0.39, 0.29) is 59.9 Å². The number of aromatic hydroxyl groups is 1. The van der Waals surface area contributed by atoms with E-state index in [1.54, 1.807) is 23.5 Å². The third-order valence-corrected chi connectivity index (χ3v) is 18.4. The molecule has 7 fully saturated rings. The molecule has 7 aliphatic rings. The van der Waals surface area contributed by atoms with Gasteiger partial charge in [-0.2, -0.15) is 0 Å². The van der Waals surface area contributed by atoms with Gasteiger partial charge in [0, 0.05) is 93.8 Å². The SMILES string of the molecule is Cc1ncsc1-c1ccc(CNC(=O)[C@@H]2C[C@@H](O)CN2C(=O)[C@@H](NC(=O)C2CC3(C2)CC(N2CC4(CN(c5cnc(N6C7CCC6CN(c6cc(-c8ccccc8O)nnc6N)C7)nc5)C4)C2)C3)C(C)(C)C)cc1. The number of aliphatic hydroxyl groups excluding tert-OH is 1. The van der Waals surface area contributed by atoms with Gasteiger partial charge in [0.05, 0.1) is 51.6 Å². The number of para-hydroxylation sites is 1. The smallest absolute Gasteiger partial charge is 0.246 e. The summed E-state index contributed by atoms with van der Waals surface area (Å²) in [6.07, 6.45) is 9.25. The number of hydrogen-bond acceptors (Lipinski definition) is 16. The highest BCUT2D eigenvalue weighted by Gasteiger charge is 2.61. The Morgan fingerprint density at radius 1 is 0.851 bits per heavy atom. The number of nitrogens with zero attached hydrogens (tertiary/aromatic N) is 10. The molecule has 2 unspecified atom stereocenters. The van der Waals surface area contributed by atoms with Crippen LogP contribution in [0.15, 0.2) is 72.5 Å². The number of phenolic OH excluding ortho intramolecular Hbond substituents is 1. The van der Waals surface area contributed by atoms with Gasteiger partial charge < -0.3 is 46.2 Å². The van der Waals surface area contributed by atoms with E-state index in [4.69, 9.17) is 15.7 Å². The van der Waals surface area contributed by atoms with Crippen LogP contribution in [0, 0.1) is 29.1 Å². The lowest BCUT2D eigenvalue weighted by molar-refractivity contribution is -0.160. The predicted octanol–water partition coefficient (Wildman–Crippen LogP) is 5.00.